The van der Waals surface area contributed by atoms with E-state index in [1.165, 1.54) is 0 Å². The van der Waals surface area contributed by atoms with Crippen LogP contribution in [0.15, 0.2) is 30.3 Å². The average molecular weight is 265 g/mol. The summed E-state index contributed by atoms with van der Waals surface area (Å²) >= 11 is 0. The quantitative estimate of drug-likeness (QED) is 0.655. The van der Waals surface area contributed by atoms with Crippen molar-refractivity contribution in [3.05, 3.63) is 35.9 Å². The van der Waals surface area contributed by atoms with E-state index < -0.39 is 11.8 Å². The second kappa shape index (κ2) is 6.68. The van der Waals surface area contributed by atoms with E-state index in [-0.39, 0.29) is 12.4 Å². The molecule has 0 saturated carbocycles. The summed E-state index contributed by atoms with van der Waals surface area (Å²) in [5.74, 6) is -0.389. The van der Waals surface area contributed by atoms with Gasteiger partial charge in [0.15, 0.2) is 0 Å². The Labute approximate surface area is 115 Å². The van der Waals surface area contributed by atoms with Gasteiger partial charge in [0.05, 0.1) is 6.42 Å². The molecule has 0 spiro atoms. The number of nitrogens with zero attached hydrogens (tertiary/aromatic N) is 1. The van der Waals surface area contributed by atoms with Crippen LogP contribution in [0.2, 0.25) is 0 Å². The van der Waals surface area contributed by atoms with E-state index in [9.17, 15) is 9.90 Å². The van der Waals surface area contributed by atoms with Gasteiger partial charge in [-0.2, -0.15) is 0 Å². The van der Waals surface area contributed by atoms with Crippen LogP contribution in [0.5, 0.6) is 0 Å². The molecule has 0 aromatic heterocycles. The molecule has 0 aliphatic heterocycles. The second-order valence-electron chi connectivity index (χ2n) is 5.67. The molecule has 19 heavy (non-hydrogen) atoms. The van der Waals surface area contributed by atoms with Crippen molar-refractivity contribution < 1.29 is 14.6 Å². The summed E-state index contributed by atoms with van der Waals surface area (Å²) in [6.45, 7) is 6.02. The molecule has 106 valence electrons. The van der Waals surface area contributed by atoms with Crippen LogP contribution >= 0.6 is 0 Å². The first-order valence-electron chi connectivity index (χ1n) is 6.42. The average Bonchev–Trinajstić information content (AvgIpc) is 2.27. The maximum Gasteiger partial charge on any atom is 0.310 e. The van der Waals surface area contributed by atoms with Gasteiger partial charge >= 0.3 is 5.97 Å². The zero-order valence-corrected chi connectivity index (χ0v) is 12.1. The van der Waals surface area contributed by atoms with Gasteiger partial charge in [-0.25, -0.2) is 0 Å². The predicted molar refractivity (Wildman–Crippen MR) is 74.4 cm³/mol. The van der Waals surface area contributed by atoms with Gasteiger partial charge in [-0.15, -0.1) is 0 Å². The molecule has 0 amide bonds. The molecular formula is C15H23NO3. The summed E-state index contributed by atoms with van der Waals surface area (Å²) in [5.41, 5.74) is 0.572. The van der Waals surface area contributed by atoms with Crippen LogP contribution in [0.25, 0.3) is 0 Å². The molecule has 0 bridgehead atoms. The van der Waals surface area contributed by atoms with E-state index in [4.69, 9.17) is 4.74 Å². The van der Waals surface area contributed by atoms with E-state index in [0.717, 1.165) is 5.56 Å². The zero-order chi connectivity index (χ0) is 14.5. The maximum atomic E-state index is 11.6. The summed E-state index contributed by atoms with van der Waals surface area (Å²) in [5, 5.41) is 9.97. The molecule has 0 heterocycles. The summed E-state index contributed by atoms with van der Waals surface area (Å²) in [7, 11) is 1.78. The molecule has 0 radical (unpaired) electrons. The van der Waals surface area contributed by atoms with Gasteiger partial charge in [-0.3, -0.25) is 9.69 Å². The molecule has 1 aromatic carbocycles. The van der Waals surface area contributed by atoms with Gasteiger partial charge in [0.25, 0.3) is 0 Å². The molecule has 0 aliphatic rings. The molecule has 1 rings (SSSR count). The number of hydrogen-bond acceptors (Lipinski definition) is 4. The first-order valence-corrected chi connectivity index (χ1v) is 6.42. The Morgan fingerprint density at radius 3 is 2.42 bits per heavy atom. The highest BCUT2D eigenvalue weighted by atomic mass is 16.6. The van der Waals surface area contributed by atoms with Crippen molar-refractivity contribution in [2.45, 2.75) is 45.6 Å². The molecule has 0 aliphatic carbocycles. The van der Waals surface area contributed by atoms with Crippen molar-refractivity contribution in [3.8, 4) is 0 Å². The van der Waals surface area contributed by atoms with Crippen molar-refractivity contribution in [2.24, 2.45) is 0 Å². The Hall–Kier alpha value is -1.39. The summed E-state index contributed by atoms with van der Waals surface area (Å²) < 4.78 is 5.18. The molecule has 1 aromatic rings. The smallest absolute Gasteiger partial charge is 0.310 e. The van der Waals surface area contributed by atoms with Crippen molar-refractivity contribution in [1.82, 2.24) is 4.90 Å². The van der Waals surface area contributed by atoms with E-state index in [1.807, 2.05) is 51.1 Å². The van der Waals surface area contributed by atoms with Crippen LogP contribution in [-0.4, -0.2) is 34.9 Å². The standard InChI is InChI=1S/C15H23NO3/c1-15(2,3)19-14(18)10-13(17)16(4)11-12-8-6-5-7-9-12/h5-9,13,17H,10-11H2,1-4H3. The van der Waals surface area contributed by atoms with Gasteiger partial charge in [0, 0.05) is 6.54 Å². The fourth-order valence-electron chi connectivity index (χ4n) is 1.66. The zero-order valence-electron chi connectivity index (χ0n) is 12.1. The lowest BCUT2D eigenvalue weighted by atomic mass is 10.2. The van der Waals surface area contributed by atoms with Crippen LogP contribution in [0.1, 0.15) is 32.8 Å². The lowest BCUT2D eigenvalue weighted by Crippen LogP contribution is -2.35. The molecule has 1 atom stereocenters. The van der Waals surface area contributed by atoms with E-state index in [0.29, 0.717) is 6.54 Å². The summed E-state index contributed by atoms with van der Waals surface area (Å²) in [4.78, 5) is 13.3. The SMILES string of the molecule is CN(Cc1ccccc1)C(O)CC(=O)OC(C)(C)C. The van der Waals surface area contributed by atoms with Gasteiger partial charge in [0.1, 0.15) is 11.8 Å². The van der Waals surface area contributed by atoms with Crippen molar-refractivity contribution >= 4 is 5.97 Å². The maximum absolute atomic E-state index is 11.6. The monoisotopic (exact) mass is 265 g/mol. The van der Waals surface area contributed by atoms with Crippen molar-refractivity contribution in [1.29, 1.82) is 0 Å². The van der Waals surface area contributed by atoms with E-state index in [1.54, 1.807) is 11.9 Å². The Kier molecular flexibility index (Phi) is 5.51. The van der Waals surface area contributed by atoms with Crippen LogP contribution in [0.4, 0.5) is 0 Å². The number of aliphatic hydroxyl groups excluding tert-OH is 1. The third kappa shape index (κ3) is 6.36. The van der Waals surface area contributed by atoms with Crippen LogP contribution in [-0.2, 0) is 16.1 Å². The number of carbonyl (C=O) groups excluding carboxylic acids is 1. The lowest BCUT2D eigenvalue weighted by molar-refractivity contribution is -0.159. The van der Waals surface area contributed by atoms with E-state index >= 15 is 0 Å². The highest BCUT2D eigenvalue weighted by Crippen LogP contribution is 2.12. The lowest BCUT2D eigenvalue weighted by Gasteiger charge is -2.25. The van der Waals surface area contributed by atoms with Crippen LogP contribution in [0.3, 0.4) is 0 Å². The summed E-state index contributed by atoms with van der Waals surface area (Å²) in [6, 6.07) is 9.81. The Balaban J connectivity index is 2.45. The Morgan fingerprint density at radius 2 is 1.89 bits per heavy atom. The summed E-state index contributed by atoms with van der Waals surface area (Å²) in [6.07, 6.45) is -0.865. The minimum atomic E-state index is -0.838. The third-order valence-corrected chi connectivity index (χ3v) is 2.55. The van der Waals surface area contributed by atoms with Crippen LogP contribution in [0, 0.1) is 0 Å². The number of esters is 1. The van der Waals surface area contributed by atoms with E-state index in [2.05, 4.69) is 0 Å². The van der Waals surface area contributed by atoms with Gasteiger partial charge in [-0.05, 0) is 33.4 Å². The molecular weight excluding hydrogens is 242 g/mol. The molecule has 1 N–H and O–H groups in total. The predicted octanol–water partition coefficient (Wildman–Crippen LogP) is 2.17. The van der Waals surface area contributed by atoms with Gasteiger partial charge in [-0.1, -0.05) is 30.3 Å². The molecule has 4 nitrogen and oxygen atoms in total. The largest absolute Gasteiger partial charge is 0.460 e. The van der Waals surface area contributed by atoms with Crippen molar-refractivity contribution in [2.75, 3.05) is 7.05 Å². The minimum Gasteiger partial charge on any atom is -0.460 e. The first-order chi connectivity index (χ1) is 8.78. The highest BCUT2D eigenvalue weighted by molar-refractivity contribution is 5.70. The molecule has 0 saturated heterocycles. The normalized spacial score (nSPS) is 13.4. The number of hydrogen-bond donors (Lipinski definition) is 1. The second-order valence-corrected chi connectivity index (χ2v) is 5.67. The number of carbonyl (C=O) groups is 1. The number of rotatable bonds is 5. The topological polar surface area (TPSA) is 49.8 Å². The molecule has 4 heteroatoms. The fourth-order valence-corrected chi connectivity index (χ4v) is 1.66. The Bertz CT molecular complexity index is 398. The highest BCUT2D eigenvalue weighted by Gasteiger charge is 2.21. The number of benzene rings is 1. The van der Waals surface area contributed by atoms with Crippen LogP contribution < -0.4 is 0 Å². The Morgan fingerprint density at radius 1 is 1.32 bits per heavy atom. The first kappa shape index (κ1) is 15.7. The minimum absolute atomic E-state index is 0.0272. The third-order valence-electron chi connectivity index (χ3n) is 2.55. The fraction of sp³-hybridized carbons (Fsp3) is 0.533. The molecule has 1 unspecified atom stereocenters. The van der Waals surface area contributed by atoms with Crippen molar-refractivity contribution in [3.63, 3.8) is 0 Å². The number of ether oxygens (including phenoxy) is 1. The number of aliphatic hydroxyl groups is 1. The van der Waals surface area contributed by atoms with Gasteiger partial charge < -0.3 is 9.84 Å². The van der Waals surface area contributed by atoms with Gasteiger partial charge in [0.2, 0.25) is 0 Å². The molecule has 0 fully saturated rings.